The molecular weight excluding hydrogens is 236 g/mol. The molecule has 0 aromatic heterocycles. The third-order valence-corrected chi connectivity index (χ3v) is 2.74. The fourth-order valence-electron chi connectivity index (χ4n) is 1.42. The molecule has 1 amide bonds. The lowest BCUT2D eigenvalue weighted by atomic mass is 10.2. The van der Waals surface area contributed by atoms with Gasteiger partial charge < -0.3 is 10.2 Å². The van der Waals surface area contributed by atoms with Gasteiger partial charge >= 0.3 is 0 Å². The molecule has 0 aliphatic heterocycles. The van der Waals surface area contributed by atoms with Crippen molar-refractivity contribution in [1.82, 2.24) is 10.2 Å². The molecule has 17 heavy (non-hydrogen) atoms. The maximum atomic E-state index is 11.3. The monoisotopic (exact) mass is 254 g/mol. The van der Waals surface area contributed by atoms with E-state index in [4.69, 9.17) is 11.6 Å². The lowest BCUT2D eigenvalue weighted by Gasteiger charge is -2.10. The summed E-state index contributed by atoms with van der Waals surface area (Å²) in [7, 11) is 3.56. The van der Waals surface area contributed by atoms with E-state index in [1.807, 2.05) is 24.3 Å². The molecule has 0 unspecified atom stereocenters. The molecule has 0 heterocycles. The maximum absolute atomic E-state index is 11.3. The molecule has 0 saturated carbocycles. The van der Waals surface area contributed by atoms with Crippen LogP contribution in [0.15, 0.2) is 24.3 Å². The van der Waals surface area contributed by atoms with Gasteiger partial charge in [-0.3, -0.25) is 4.79 Å². The molecule has 1 aromatic carbocycles. The highest BCUT2D eigenvalue weighted by Gasteiger charge is 2.02. The Labute approximate surface area is 108 Å². The SMILES string of the molecule is CN(C)C(=O)CCCNCc1ccc(Cl)cc1. The average molecular weight is 255 g/mol. The van der Waals surface area contributed by atoms with Gasteiger partial charge in [0.2, 0.25) is 5.91 Å². The van der Waals surface area contributed by atoms with Gasteiger partial charge in [0.25, 0.3) is 0 Å². The van der Waals surface area contributed by atoms with Crippen LogP contribution in [-0.2, 0) is 11.3 Å². The van der Waals surface area contributed by atoms with Gasteiger partial charge in [0.15, 0.2) is 0 Å². The molecule has 0 fully saturated rings. The molecule has 1 N–H and O–H groups in total. The fourth-order valence-corrected chi connectivity index (χ4v) is 1.55. The highest BCUT2D eigenvalue weighted by Crippen LogP contribution is 2.09. The van der Waals surface area contributed by atoms with E-state index in [1.54, 1.807) is 19.0 Å². The molecule has 0 atom stereocenters. The predicted octanol–water partition coefficient (Wildman–Crippen LogP) is 2.30. The number of carbonyl (C=O) groups excluding carboxylic acids is 1. The van der Waals surface area contributed by atoms with Gasteiger partial charge in [0.05, 0.1) is 0 Å². The van der Waals surface area contributed by atoms with Crippen LogP contribution in [0.4, 0.5) is 0 Å². The molecular formula is C13H19ClN2O. The van der Waals surface area contributed by atoms with Crippen LogP contribution in [0.3, 0.4) is 0 Å². The topological polar surface area (TPSA) is 32.3 Å². The summed E-state index contributed by atoms with van der Waals surface area (Å²) in [6.07, 6.45) is 1.46. The van der Waals surface area contributed by atoms with Gasteiger partial charge in [-0.25, -0.2) is 0 Å². The van der Waals surface area contributed by atoms with Crippen molar-refractivity contribution >= 4 is 17.5 Å². The van der Waals surface area contributed by atoms with Crippen LogP contribution in [0.2, 0.25) is 5.02 Å². The van der Waals surface area contributed by atoms with Gasteiger partial charge in [0.1, 0.15) is 0 Å². The lowest BCUT2D eigenvalue weighted by Crippen LogP contribution is -2.23. The zero-order valence-corrected chi connectivity index (χ0v) is 11.1. The highest BCUT2D eigenvalue weighted by molar-refractivity contribution is 6.30. The predicted molar refractivity (Wildman–Crippen MR) is 71.1 cm³/mol. The number of benzene rings is 1. The Bertz CT molecular complexity index is 349. The van der Waals surface area contributed by atoms with Crippen molar-refractivity contribution in [3.05, 3.63) is 34.9 Å². The number of amides is 1. The highest BCUT2D eigenvalue weighted by atomic mass is 35.5. The second-order valence-electron chi connectivity index (χ2n) is 4.19. The quantitative estimate of drug-likeness (QED) is 0.790. The summed E-state index contributed by atoms with van der Waals surface area (Å²) in [5, 5.41) is 4.06. The summed E-state index contributed by atoms with van der Waals surface area (Å²) in [6.45, 7) is 1.66. The van der Waals surface area contributed by atoms with E-state index in [-0.39, 0.29) is 5.91 Å². The van der Waals surface area contributed by atoms with Crippen LogP contribution in [-0.4, -0.2) is 31.4 Å². The summed E-state index contributed by atoms with van der Waals surface area (Å²) in [5.41, 5.74) is 1.20. The third-order valence-electron chi connectivity index (χ3n) is 2.49. The smallest absolute Gasteiger partial charge is 0.222 e. The standard InChI is InChI=1S/C13H19ClN2O/c1-16(2)13(17)4-3-9-15-10-11-5-7-12(14)8-6-11/h5-8,15H,3-4,9-10H2,1-2H3. The first kappa shape index (κ1) is 14.0. The molecule has 0 bridgehead atoms. The lowest BCUT2D eigenvalue weighted by molar-refractivity contribution is -0.128. The van der Waals surface area contributed by atoms with Crippen molar-refractivity contribution in [1.29, 1.82) is 0 Å². The van der Waals surface area contributed by atoms with Gasteiger partial charge in [-0.1, -0.05) is 23.7 Å². The molecule has 94 valence electrons. The molecule has 1 rings (SSSR count). The molecule has 1 aromatic rings. The Morgan fingerprint density at radius 3 is 2.53 bits per heavy atom. The first-order valence-corrected chi connectivity index (χ1v) is 6.12. The Hall–Kier alpha value is -1.06. The van der Waals surface area contributed by atoms with E-state index in [2.05, 4.69) is 5.32 Å². The minimum atomic E-state index is 0.179. The average Bonchev–Trinajstić information content (AvgIpc) is 2.30. The summed E-state index contributed by atoms with van der Waals surface area (Å²) >= 11 is 5.80. The number of halogens is 1. The van der Waals surface area contributed by atoms with E-state index < -0.39 is 0 Å². The molecule has 3 nitrogen and oxygen atoms in total. The van der Waals surface area contributed by atoms with Crippen molar-refractivity contribution in [3.8, 4) is 0 Å². The van der Waals surface area contributed by atoms with E-state index >= 15 is 0 Å². The van der Waals surface area contributed by atoms with Crippen LogP contribution in [0.5, 0.6) is 0 Å². The zero-order valence-electron chi connectivity index (χ0n) is 10.4. The van der Waals surface area contributed by atoms with Gasteiger partial charge in [-0.2, -0.15) is 0 Å². The Morgan fingerprint density at radius 2 is 1.94 bits per heavy atom. The Balaban J connectivity index is 2.12. The van der Waals surface area contributed by atoms with Crippen molar-refractivity contribution in [2.45, 2.75) is 19.4 Å². The minimum absolute atomic E-state index is 0.179. The second-order valence-corrected chi connectivity index (χ2v) is 4.63. The second kappa shape index (κ2) is 7.30. The summed E-state index contributed by atoms with van der Waals surface area (Å²) in [6, 6.07) is 7.77. The number of nitrogens with zero attached hydrogens (tertiary/aromatic N) is 1. The summed E-state index contributed by atoms with van der Waals surface area (Å²) < 4.78 is 0. The molecule has 0 aliphatic rings. The summed E-state index contributed by atoms with van der Waals surface area (Å²) in [4.78, 5) is 12.9. The molecule has 0 spiro atoms. The van der Waals surface area contributed by atoms with E-state index in [9.17, 15) is 4.79 Å². The first-order chi connectivity index (χ1) is 8.09. The van der Waals surface area contributed by atoms with E-state index in [1.165, 1.54) is 5.56 Å². The van der Waals surface area contributed by atoms with Crippen molar-refractivity contribution in [3.63, 3.8) is 0 Å². The number of nitrogens with one attached hydrogen (secondary N) is 1. The Morgan fingerprint density at radius 1 is 1.29 bits per heavy atom. The van der Waals surface area contributed by atoms with Crippen LogP contribution in [0.25, 0.3) is 0 Å². The van der Waals surface area contributed by atoms with Crippen LogP contribution < -0.4 is 5.32 Å². The number of carbonyl (C=O) groups is 1. The van der Waals surface area contributed by atoms with Crippen molar-refractivity contribution in [2.75, 3.05) is 20.6 Å². The first-order valence-electron chi connectivity index (χ1n) is 5.75. The number of rotatable bonds is 6. The van der Waals surface area contributed by atoms with Crippen molar-refractivity contribution in [2.24, 2.45) is 0 Å². The number of hydrogen-bond donors (Lipinski definition) is 1. The van der Waals surface area contributed by atoms with Gasteiger partial charge in [-0.05, 0) is 30.7 Å². The Kier molecular flexibility index (Phi) is 6.01. The van der Waals surface area contributed by atoms with E-state index in [0.29, 0.717) is 6.42 Å². The normalized spacial score (nSPS) is 10.3. The largest absolute Gasteiger partial charge is 0.349 e. The summed E-state index contributed by atoms with van der Waals surface area (Å²) in [5.74, 6) is 0.179. The van der Waals surface area contributed by atoms with Crippen LogP contribution in [0, 0.1) is 0 Å². The van der Waals surface area contributed by atoms with Crippen LogP contribution >= 0.6 is 11.6 Å². The zero-order chi connectivity index (χ0) is 12.7. The minimum Gasteiger partial charge on any atom is -0.349 e. The molecule has 0 aliphatic carbocycles. The van der Waals surface area contributed by atoms with E-state index in [0.717, 1.165) is 24.5 Å². The number of hydrogen-bond acceptors (Lipinski definition) is 2. The molecule has 0 radical (unpaired) electrons. The molecule has 0 saturated heterocycles. The maximum Gasteiger partial charge on any atom is 0.222 e. The van der Waals surface area contributed by atoms with Crippen molar-refractivity contribution < 1.29 is 4.79 Å². The third kappa shape index (κ3) is 5.71. The van der Waals surface area contributed by atoms with Crippen LogP contribution in [0.1, 0.15) is 18.4 Å². The van der Waals surface area contributed by atoms with Gasteiger partial charge in [0, 0.05) is 32.1 Å². The van der Waals surface area contributed by atoms with Gasteiger partial charge in [-0.15, -0.1) is 0 Å². The fraction of sp³-hybridized carbons (Fsp3) is 0.462. The molecule has 4 heteroatoms.